The lowest BCUT2D eigenvalue weighted by atomic mass is 10.3. The third-order valence-corrected chi connectivity index (χ3v) is 2.80. The van der Waals surface area contributed by atoms with Crippen LogP contribution in [-0.4, -0.2) is 35.0 Å². The average molecular weight is 227 g/mol. The van der Waals surface area contributed by atoms with Crippen LogP contribution >= 0.6 is 11.8 Å². The van der Waals surface area contributed by atoms with Crippen molar-refractivity contribution in [3.8, 4) is 0 Å². The Kier molecular flexibility index (Phi) is 4.58. The van der Waals surface area contributed by atoms with E-state index < -0.39 is 5.97 Å². The van der Waals surface area contributed by atoms with Gasteiger partial charge in [0.25, 0.3) is 0 Å². The molecule has 0 saturated heterocycles. The lowest BCUT2D eigenvalue weighted by molar-refractivity contribution is 0.0593. The van der Waals surface area contributed by atoms with Gasteiger partial charge in [-0.2, -0.15) is 0 Å². The Morgan fingerprint density at radius 1 is 1.73 bits per heavy atom. The van der Waals surface area contributed by atoms with Gasteiger partial charge in [0.1, 0.15) is 5.69 Å². The van der Waals surface area contributed by atoms with E-state index in [4.69, 9.17) is 5.11 Å². The molecular formula is C10H13NO3S. The van der Waals surface area contributed by atoms with Gasteiger partial charge in [0.2, 0.25) is 0 Å². The van der Waals surface area contributed by atoms with Crippen LogP contribution in [0.1, 0.15) is 17.4 Å². The zero-order valence-electron chi connectivity index (χ0n) is 8.64. The van der Waals surface area contributed by atoms with Crippen LogP contribution in [0.3, 0.4) is 0 Å². The van der Waals surface area contributed by atoms with E-state index in [0.29, 0.717) is 0 Å². The molecule has 82 valence electrons. The lowest BCUT2D eigenvalue weighted by Gasteiger charge is -2.07. The van der Waals surface area contributed by atoms with Crippen molar-refractivity contribution in [1.29, 1.82) is 0 Å². The minimum atomic E-state index is -0.450. The molecule has 0 aliphatic carbocycles. The van der Waals surface area contributed by atoms with Gasteiger partial charge in [-0.1, -0.05) is 6.92 Å². The SMILES string of the molecule is COC(=O)c1cc(SC(C)CO)ccn1. The number of ether oxygens (including phenoxy) is 1. The number of hydrogen-bond acceptors (Lipinski definition) is 5. The molecular weight excluding hydrogens is 214 g/mol. The molecule has 0 aliphatic heterocycles. The Hall–Kier alpha value is -1.07. The van der Waals surface area contributed by atoms with Gasteiger partial charge in [-0.15, -0.1) is 11.8 Å². The monoisotopic (exact) mass is 227 g/mol. The molecule has 0 aliphatic rings. The minimum absolute atomic E-state index is 0.0953. The van der Waals surface area contributed by atoms with Crippen molar-refractivity contribution >= 4 is 17.7 Å². The Labute approximate surface area is 92.7 Å². The summed E-state index contributed by atoms with van der Waals surface area (Å²) in [5.74, 6) is -0.450. The summed E-state index contributed by atoms with van der Waals surface area (Å²) in [5.41, 5.74) is 0.285. The van der Waals surface area contributed by atoms with Gasteiger partial charge in [-0.3, -0.25) is 0 Å². The number of aliphatic hydroxyl groups is 1. The highest BCUT2D eigenvalue weighted by molar-refractivity contribution is 8.00. The van der Waals surface area contributed by atoms with Gasteiger partial charge in [-0.25, -0.2) is 9.78 Å². The fourth-order valence-corrected chi connectivity index (χ4v) is 1.83. The van der Waals surface area contributed by atoms with Crippen LogP contribution in [0, 0.1) is 0 Å². The molecule has 0 aromatic carbocycles. The van der Waals surface area contributed by atoms with E-state index in [2.05, 4.69) is 9.72 Å². The van der Waals surface area contributed by atoms with E-state index in [0.717, 1.165) is 4.90 Å². The molecule has 0 amide bonds. The van der Waals surface area contributed by atoms with E-state index in [1.54, 1.807) is 18.3 Å². The van der Waals surface area contributed by atoms with Crippen molar-refractivity contribution in [2.75, 3.05) is 13.7 Å². The van der Waals surface area contributed by atoms with Gasteiger partial charge in [0.05, 0.1) is 13.7 Å². The number of aliphatic hydroxyl groups excluding tert-OH is 1. The summed E-state index contributed by atoms with van der Waals surface area (Å²) in [7, 11) is 1.32. The molecule has 0 saturated carbocycles. The molecule has 0 fully saturated rings. The number of pyridine rings is 1. The quantitative estimate of drug-likeness (QED) is 0.621. The molecule has 5 heteroatoms. The fraction of sp³-hybridized carbons (Fsp3) is 0.400. The van der Waals surface area contributed by atoms with Gasteiger partial charge in [-0.05, 0) is 12.1 Å². The summed E-state index contributed by atoms with van der Waals surface area (Å²) in [6.07, 6.45) is 1.55. The zero-order chi connectivity index (χ0) is 11.3. The highest BCUT2D eigenvalue weighted by atomic mass is 32.2. The standard InChI is InChI=1S/C10H13NO3S/c1-7(6-12)15-8-3-4-11-9(5-8)10(13)14-2/h3-5,7,12H,6H2,1-2H3. The molecule has 1 heterocycles. The molecule has 1 N–H and O–H groups in total. The number of carbonyl (C=O) groups is 1. The molecule has 15 heavy (non-hydrogen) atoms. The van der Waals surface area contributed by atoms with Crippen molar-refractivity contribution in [3.05, 3.63) is 24.0 Å². The second kappa shape index (κ2) is 5.72. The Morgan fingerprint density at radius 2 is 2.47 bits per heavy atom. The summed E-state index contributed by atoms with van der Waals surface area (Å²) < 4.78 is 4.56. The van der Waals surface area contributed by atoms with Crippen LogP contribution < -0.4 is 0 Å². The summed E-state index contributed by atoms with van der Waals surface area (Å²) in [5, 5.41) is 8.99. The molecule has 0 spiro atoms. The average Bonchev–Trinajstić information content (AvgIpc) is 2.28. The molecule has 1 rings (SSSR count). The highest BCUT2D eigenvalue weighted by Gasteiger charge is 2.09. The van der Waals surface area contributed by atoms with E-state index in [1.807, 2.05) is 6.92 Å². The van der Waals surface area contributed by atoms with Crippen molar-refractivity contribution in [2.45, 2.75) is 17.1 Å². The highest BCUT2D eigenvalue weighted by Crippen LogP contribution is 2.22. The Bertz CT molecular complexity index is 343. The normalized spacial score (nSPS) is 12.2. The number of methoxy groups -OCH3 is 1. The molecule has 4 nitrogen and oxygen atoms in total. The first-order chi connectivity index (χ1) is 7.17. The molecule has 1 unspecified atom stereocenters. The van der Waals surface area contributed by atoms with Gasteiger partial charge in [0.15, 0.2) is 0 Å². The largest absolute Gasteiger partial charge is 0.464 e. The Balaban J connectivity index is 2.78. The van der Waals surface area contributed by atoms with E-state index in [-0.39, 0.29) is 17.6 Å². The van der Waals surface area contributed by atoms with E-state index in [9.17, 15) is 4.79 Å². The number of aromatic nitrogens is 1. The molecule has 0 bridgehead atoms. The molecule has 1 atom stereocenters. The van der Waals surface area contributed by atoms with E-state index in [1.165, 1.54) is 18.9 Å². The fourth-order valence-electron chi connectivity index (χ4n) is 0.970. The van der Waals surface area contributed by atoms with Gasteiger partial charge < -0.3 is 9.84 Å². The third kappa shape index (κ3) is 3.53. The predicted molar refractivity (Wildman–Crippen MR) is 58.0 cm³/mol. The van der Waals surface area contributed by atoms with Crippen LogP contribution in [0.15, 0.2) is 23.2 Å². The number of thioether (sulfide) groups is 1. The molecule has 1 aromatic heterocycles. The summed E-state index contributed by atoms with van der Waals surface area (Å²) >= 11 is 1.49. The first kappa shape index (κ1) is 12.0. The van der Waals surface area contributed by atoms with Crippen molar-refractivity contribution in [3.63, 3.8) is 0 Å². The smallest absolute Gasteiger partial charge is 0.356 e. The summed E-state index contributed by atoms with van der Waals surface area (Å²) in [6, 6.07) is 3.45. The Morgan fingerprint density at radius 3 is 3.07 bits per heavy atom. The minimum Gasteiger partial charge on any atom is -0.464 e. The third-order valence-electron chi connectivity index (χ3n) is 1.72. The van der Waals surface area contributed by atoms with Crippen LogP contribution in [0.5, 0.6) is 0 Å². The van der Waals surface area contributed by atoms with Crippen LogP contribution in [-0.2, 0) is 4.74 Å². The maximum Gasteiger partial charge on any atom is 0.356 e. The predicted octanol–water partition coefficient (Wildman–Crippen LogP) is 1.34. The zero-order valence-corrected chi connectivity index (χ0v) is 9.45. The van der Waals surface area contributed by atoms with Gasteiger partial charge >= 0.3 is 5.97 Å². The van der Waals surface area contributed by atoms with Crippen molar-refractivity contribution in [1.82, 2.24) is 4.98 Å². The first-order valence-electron chi connectivity index (χ1n) is 4.49. The summed E-state index contributed by atoms with van der Waals surface area (Å²) in [6.45, 7) is 2.00. The second-order valence-corrected chi connectivity index (χ2v) is 4.49. The van der Waals surface area contributed by atoms with Crippen molar-refractivity contribution < 1.29 is 14.6 Å². The lowest BCUT2D eigenvalue weighted by Crippen LogP contribution is -2.05. The number of nitrogens with zero attached hydrogens (tertiary/aromatic N) is 1. The number of rotatable bonds is 4. The van der Waals surface area contributed by atoms with Crippen LogP contribution in [0.25, 0.3) is 0 Å². The van der Waals surface area contributed by atoms with Crippen LogP contribution in [0.4, 0.5) is 0 Å². The molecule has 1 aromatic rings. The second-order valence-electron chi connectivity index (χ2n) is 2.98. The van der Waals surface area contributed by atoms with Gasteiger partial charge in [0, 0.05) is 16.3 Å². The summed E-state index contributed by atoms with van der Waals surface area (Å²) in [4.78, 5) is 16.0. The molecule has 0 radical (unpaired) electrons. The van der Waals surface area contributed by atoms with Crippen molar-refractivity contribution in [2.24, 2.45) is 0 Å². The maximum atomic E-state index is 11.2. The maximum absolute atomic E-state index is 11.2. The van der Waals surface area contributed by atoms with Crippen LogP contribution in [0.2, 0.25) is 0 Å². The first-order valence-corrected chi connectivity index (χ1v) is 5.37. The number of hydrogen-bond donors (Lipinski definition) is 1. The number of esters is 1. The topological polar surface area (TPSA) is 59.4 Å². The number of carbonyl (C=O) groups excluding carboxylic acids is 1. The van der Waals surface area contributed by atoms with E-state index >= 15 is 0 Å².